The average molecular weight is 363 g/mol. The van der Waals surface area contributed by atoms with Crippen LogP contribution in [0.25, 0.3) is 0 Å². The highest BCUT2D eigenvalue weighted by Crippen LogP contribution is 2.43. The molecule has 2 aliphatic rings. The predicted molar refractivity (Wildman–Crippen MR) is 96.0 cm³/mol. The van der Waals surface area contributed by atoms with Gasteiger partial charge in [-0.3, -0.25) is 10.0 Å². The van der Waals surface area contributed by atoms with E-state index in [1.54, 1.807) is 0 Å². The third-order valence-electron chi connectivity index (χ3n) is 5.38. The van der Waals surface area contributed by atoms with Crippen LogP contribution in [-0.4, -0.2) is 55.3 Å². The van der Waals surface area contributed by atoms with Gasteiger partial charge >= 0.3 is 0 Å². The van der Waals surface area contributed by atoms with E-state index in [1.807, 2.05) is 30.3 Å². The molecule has 6 nitrogen and oxygen atoms in total. The molecule has 26 heavy (non-hydrogen) atoms. The average Bonchev–Trinajstić information content (AvgIpc) is 3.25. The second-order valence-corrected chi connectivity index (χ2v) is 7.19. The molecule has 6 heteroatoms. The van der Waals surface area contributed by atoms with Crippen LogP contribution in [0.15, 0.2) is 30.3 Å². The first kappa shape index (κ1) is 19.1. The van der Waals surface area contributed by atoms with E-state index in [0.29, 0.717) is 43.1 Å². The first-order valence-corrected chi connectivity index (χ1v) is 9.51. The van der Waals surface area contributed by atoms with E-state index < -0.39 is 0 Å². The first-order chi connectivity index (χ1) is 12.6. The molecule has 2 fully saturated rings. The number of ether oxygens (including phenoxy) is 3. The summed E-state index contributed by atoms with van der Waals surface area (Å²) in [7, 11) is 1.35. The lowest BCUT2D eigenvalue weighted by atomic mass is 9.80. The van der Waals surface area contributed by atoms with E-state index in [2.05, 4.69) is 0 Å². The van der Waals surface area contributed by atoms with Gasteiger partial charge in [-0.25, -0.2) is 5.06 Å². The lowest BCUT2D eigenvalue weighted by molar-refractivity contribution is -0.159. The zero-order valence-electron chi connectivity index (χ0n) is 15.4. The zero-order valence-corrected chi connectivity index (χ0v) is 15.4. The van der Waals surface area contributed by atoms with Crippen LogP contribution in [-0.2, 0) is 14.3 Å². The summed E-state index contributed by atoms with van der Waals surface area (Å²) in [6.07, 6.45) is 4.67. The molecule has 2 saturated heterocycles. The molecule has 2 aliphatic heterocycles. The van der Waals surface area contributed by atoms with Crippen LogP contribution in [0.5, 0.6) is 5.75 Å². The normalized spacial score (nSPS) is 26.8. The highest BCUT2D eigenvalue weighted by molar-refractivity contribution is 5.74. The van der Waals surface area contributed by atoms with Crippen molar-refractivity contribution in [2.45, 2.75) is 44.3 Å². The Morgan fingerprint density at radius 2 is 1.85 bits per heavy atom. The summed E-state index contributed by atoms with van der Waals surface area (Å²) in [5, 5.41) is 9.66. The molecule has 0 spiro atoms. The summed E-state index contributed by atoms with van der Waals surface area (Å²) in [5.74, 6) is 1.39. The molecule has 1 amide bonds. The third-order valence-corrected chi connectivity index (χ3v) is 5.38. The fourth-order valence-electron chi connectivity index (χ4n) is 3.90. The highest BCUT2D eigenvalue weighted by atomic mass is 16.5. The molecule has 144 valence electrons. The van der Waals surface area contributed by atoms with Crippen molar-refractivity contribution in [3.8, 4) is 5.75 Å². The van der Waals surface area contributed by atoms with Crippen molar-refractivity contribution < 1.29 is 24.2 Å². The standard InChI is InChI=1S/C20H29NO5/c1-21(23)20(22)9-5-6-12-24-13-16-17(19-11-10-18(16)26-19)14-25-15-7-3-2-4-8-15/h2-4,7-8,16-19,23H,5-6,9-14H2,1H3. The van der Waals surface area contributed by atoms with Gasteiger partial charge in [0.25, 0.3) is 0 Å². The molecule has 4 unspecified atom stereocenters. The number of hydrogen-bond acceptors (Lipinski definition) is 5. The van der Waals surface area contributed by atoms with Crippen molar-refractivity contribution >= 4 is 5.91 Å². The minimum absolute atomic E-state index is 0.260. The van der Waals surface area contributed by atoms with E-state index in [4.69, 9.17) is 19.4 Å². The van der Waals surface area contributed by atoms with Crippen LogP contribution >= 0.6 is 0 Å². The smallest absolute Gasteiger partial charge is 0.245 e. The fraction of sp³-hybridized carbons (Fsp3) is 0.650. The molecule has 3 rings (SSSR count). The molecule has 2 bridgehead atoms. The van der Waals surface area contributed by atoms with Crippen LogP contribution in [0, 0.1) is 11.8 Å². The minimum atomic E-state index is -0.260. The zero-order chi connectivity index (χ0) is 18.4. The summed E-state index contributed by atoms with van der Waals surface area (Å²) < 4.78 is 17.9. The van der Waals surface area contributed by atoms with Gasteiger partial charge in [0.15, 0.2) is 0 Å². The number of carbonyl (C=O) groups excluding carboxylic acids is 1. The molecule has 1 aromatic rings. The Morgan fingerprint density at radius 1 is 1.15 bits per heavy atom. The van der Waals surface area contributed by atoms with E-state index >= 15 is 0 Å². The number of benzene rings is 1. The topological polar surface area (TPSA) is 68.2 Å². The number of hydrogen-bond donors (Lipinski definition) is 1. The third kappa shape index (κ3) is 4.96. The summed E-state index contributed by atoms with van der Waals surface area (Å²) in [5.41, 5.74) is 0. The Morgan fingerprint density at radius 3 is 2.54 bits per heavy atom. The Labute approximate surface area is 155 Å². The molecular weight excluding hydrogens is 334 g/mol. The van der Waals surface area contributed by atoms with E-state index in [0.717, 1.165) is 31.4 Å². The Kier molecular flexibility index (Phi) is 6.88. The summed E-state index contributed by atoms with van der Waals surface area (Å²) >= 11 is 0. The van der Waals surface area contributed by atoms with Crippen LogP contribution in [0.3, 0.4) is 0 Å². The maximum Gasteiger partial charge on any atom is 0.245 e. The lowest BCUT2D eigenvalue weighted by Gasteiger charge is -2.27. The number of para-hydroxylation sites is 1. The summed E-state index contributed by atoms with van der Waals surface area (Å²) in [4.78, 5) is 11.3. The highest BCUT2D eigenvalue weighted by Gasteiger charge is 2.49. The van der Waals surface area contributed by atoms with Gasteiger partial charge in [0.2, 0.25) is 5.91 Å². The first-order valence-electron chi connectivity index (χ1n) is 9.51. The summed E-state index contributed by atoms with van der Waals surface area (Å²) in [6, 6.07) is 9.89. The van der Waals surface area contributed by atoms with Gasteiger partial charge in [-0.2, -0.15) is 0 Å². The number of rotatable bonds is 10. The summed E-state index contributed by atoms with van der Waals surface area (Å²) in [6.45, 7) is 1.97. The number of amides is 1. The number of nitrogens with zero attached hydrogens (tertiary/aromatic N) is 1. The van der Waals surface area contributed by atoms with Crippen LogP contribution in [0.2, 0.25) is 0 Å². The van der Waals surface area contributed by atoms with Crippen molar-refractivity contribution in [2.24, 2.45) is 11.8 Å². The quantitative estimate of drug-likeness (QED) is 0.393. The molecule has 0 aromatic heterocycles. The van der Waals surface area contributed by atoms with Crippen LogP contribution in [0.4, 0.5) is 0 Å². The number of fused-ring (bicyclic) bond motifs is 2. The molecule has 0 saturated carbocycles. The van der Waals surface area contributed by atoms with Gasteiger partial charge in [-0.1, -0.05) is 18.2 Å². The molecule has 0 radical (unpaired) electrons. The van der Waals surface area contributed by atoms with Crippen molar-refractivity contribution in [1.29, 1.82) is 0 Å². The van der Waals surface area contributed by atoms with E-state index in [1.165, 1.54) is 7.05 Å². The van der Waals surface area contributed by atoms with Crippen LogP contribution < -0.4 is 4.74 Å². The van der Waals surface area contributed by atoms with Gasteiger partial charge in [-0.15, -0.1) is 0 Å². The fourth-order valence-corrected chi connectivity index (χ4v) is 3.90. The second-order valence-electron chi connectivity index (χ2n) is 7.19. The van der Waals surface area contributed by atoms with E-state index in [9.17, 15) is 4.79 Å². The Balaban J connectivity index is 1.38. The van der Waals surface area contributed by atoms with Crippen molar-refractivity contribution in [3.63, 3.8) is 0 Å². The monoisotopic (exact) mass is 363 g/mol. The number of carbonyl (C=O) groups is 1. The Bertz CT molecular complexity index is 565. The largest absolute Gasteiger partial charge is 0.493 e. The van der Waals surface area contributed by atoms with Gasteiger partial charge in [0, 0.05) is 31.9 Å². The van der Waals surface area contributed by atoms with Crippen molar-refractivity contribution in [2.75, 3.05) is 26.9 Å². The number of hydroxylamine groups is 2. The number of unbranched alkanes of at least 4 members (excludes halogenated alkanes) is 1. The lowest BCUT2D eigenvalue weighted by Crippen LogP contribution is -2.34. The maximum absolute atomic E-state index is 11.3. The van der Waals surface area contributed by atoms with Crippen molar-refractivity contribution in [3.05, 3.63) is 30.3 Å². The molecule has 1 aromatic carbocycles. The van der Waals surface area contributed by atoms with Crippen molar-refractivity contribution in [1.82, 2.24) is 5.06 Å². The second kappa shape index (κ2) is 9.35. The minimum Gasteiger partial charge on any atom is -0.493 e. The SMILES string of the molecule is CN(O)C(=O)CCCCOCC1C2CCC(O2)C1COc1ccccc1. The molecular formula is C20H29NO5. The molecule has 0 aliphatic carbocycles. The van der Waals surface area contributed by atoms with Gasteiger partial charge < -0.3 is 14.2 Å². The van der Waals surface area contributed by atoms with Crippen LogP contribution in [0.1, 0.15) is 32.1 Å². The van der Waals surface area contributed by atoms with Gasteiger partial charge in [0.1, 0.15) is 5.75 Å². The van der Waals surface area contributed by atoms with Gasteiger partial charge in [-0.05, 0) is 37.8 Å². The molecule has 1 N–H and O–H groups in total. The molecule has 2 heterocycles. The Hall–Kier alpha value is -1.63. The maximum atomic E-state index is 11.3. The predicted octanol–water partition coefficient (Wildman–Crippen LogP) is 2.89. The van der Waals surface area contributed by atoms with E-state index in [-0.39, 0.29) is 18.1 Å². The molecule has 4 atom stereocenters. The van der Waals surface area contributed by atoms with Gasteiger partial charge in [0.05, 0.1) is 25.4 Å².